The molecule has 0 radical (unpaired) electrons. The second-order valence-corrected chi connectivity index (χ2v) is 5.54. The van der Waals surface area contributed by atoms with Crippen LogP contribution in [0.4, 0.5) is 8.78 Å². The number of hydrogen-bond donors (Lipinski definition) is 1. The van der Waals surface area contributed by atoms with Crippen molar-refractivity contribution in [1.29, 1.82) is 0 Å². The molecule has 1 saturated carbocycles. The van der Waals surface area contributed by atoms with Crippen LogP contribution in [0.3, 0.4) is 0 Å². The maximum atomic E-state index is 13.5. The fourth-order valence-corrected chi connectivity index (χ4v) is 2.70. The Morgan fingerprint density at radius 1 is 1.36 bits per heavy atom. The summed E-state index contributed by atoms with van der Waals surface area (Å²) in [6, 6.07) is 0. The minimum Gasteiger partial charge on any atom is -0.283 e. The van der Waals surface area contributed by atoms with E-state index in [0.29, 0.717) is 6.42 Å². The maximum absolute atomic E-state index is 13.5. The first-order valence-electron chi connectivity index (χ1n) is 5.29. The number of halogens is 2. The zero-order valence-electron chi connectivity index (χ0n) is 8.47. The highest BCUT2D eigenvalue weighted by Gasteiger charge is 2.49. The lowest BCUT2D eigenvalue weighted by atomic mass is 9.86. The van der Waals surface area contributed by atoms with E-state index in [2.05, 4.69) is 12.6 Å². The van der Waals surface area contributed by atoms with Crippen molar-refractivity contribution in [3.8, 4) is 0 Å². The van der Waals surface area contributed by atoms with Crippen LogP contribution in [0.1, 0.15) is 32.6 Å². The number of likely N-dealkylation sites (tertiary alicyclic amines) is 1. The van der Waals surface area contributed by atoms with Gasteiger partial charge in [-0.2, -0.15) is 12.6 Å². The van der Waals surface area contributed by atoms with Gasteiger partial charge in [-0.25, -0.2) is 8.78 Å². The second kappa shape index (κ2) is 3.34. The molecular weight excluding hydrogens is 204 g/mol. The summed E-state index contributed by atoms with van der Waals surface area (Å²) in [5.41, 5.74) is 0. The van der Waals surface area contributed by atoms with Crippen molar-refractivity contribution >= 4 is 12.6 Å². The monoisotopic (exact) mass is 221 g/mol. The third kappa shape index (κ3) is 1.67. The topological polar surface area (TPSA) is 3.24 Å². The van der Waals surface area contributed by atoms with Gasteiger partial charge in [-0.05, 0) is 25.7 Å². The lowest BCUT2D eigenvalue weighted by Crippen LogP contribution is -2.58. The molecule has 1 nitrogen and oxygen atoms in total. The van der Waals surface area contributed by atoms with Gasteiger partial charge in [-0.3, -0.25) is 4.90 Å². The fraction of sp³-hybridized carbons (Fsp3) is 1.00. The Morgan fingerprint density at radius 3 is 2.43 bits per heavy atom. The van der Waals surface area contributed by atoms with Crippen molar-refractivity contribution in [1.82, 2.24) is 4.90 Å². The summed E-state index contributed by atoms with van der Waals surface area (Å²) in [6.45, 7) is 2.32. The van der Waals surface area contributed by atoms with Crippen LogP contribution in [-0.4, -0.2) is 28.8 Å². The first-order chi connectivity index (χ1) is 6.44. The van der Waals surface area contributed by atoms with Crippen molar-refractivity contribution in [3.63, 3.8) is 0 Å². The molecule has 2 fully saturated rings. The molecule has 4 heteroatoms. The van der Waals surface area contributed by atoms with E-state index in [-0.39, 0.29) is 11.4 Å². The number of nitrogens with zero attached hydrogens (tertiary/aromatic N) is 1. The molecule has 1 aliphatic carbocycles. The summed E-state index contributed by atoms with van der Waals surface area (Å²) in [5.74, 6) is -3.00. The summed E-state index contributed by atoms with van der Waals surface area (Å²) < 4.78 is 26.9. The number of piperidine rings is 1. The van der Waals surface area contributed by atoms with Crippen LogP contribution in [0.5, 0.6) is 0 Å². The van der Waals surface area contributed by atoms with Gasteiger partial charge in [-0.15, -0.1) is 0 Å². The van der Waals surface area contributed by atoms with Gasteiger partial charge in [0.15, 0.2) is 0 Å². The Balaban J connectivity index is 2.03. The van der Waals surface area contributed by atoms with Gasteiger partial charge >= 0.3 is 0 Å². The molecule has 1 atom stereocenters. The van der Waals surface area contributed by atoms with Crippen molar-refractivity contribution in [2.24, 2.45) is 5.92 Å². The Hall–Kier alpha value is 0.170. The second-order valence-electron chi connectivity index (χ2n) is 4.71. The van der Waals surface area contributed by atoms with Gasteiger partial charge in [-0.1, -0.05) is 6.92 Å². The van der Waals surface area contributed by atoms with E-state index in [4.69, 9.17) is 0 Å². The van der Waals surface area contributed by atoms with Crippen molar-refractivity contribution in [2.75, 3.05) is 13.1 Å². The Labute approximate surface area is 89.3 Å². The highest BCUT2D eigenvalue weighted by molar-refractivity contribution is 7.81. The highest BCUT2D eigenvalue weighted by Crippen LogP contribution is 2.45. The molecule has 0 spiro atoms. The molecule has 1 aliphatic heterocycles. The van der Waals surface area contributed by atoms with Gasteiger partial charge in [0.05, 0.1) is 11.4 Å². The van der Waals surface area contributed by atoms with E-state index in [0.717, 1.165) is 25.8 Å². The van der Waals surface area contributed by atoms with E-state index in [1.54, 1.807) is 6.92 Å². The van der Waals surface area contributed by atoms with E-state index in [1.807, 2.05) is 4.90 Å². The SMILES string of the molecule is CC1CCN(C2(S)CCC2)CC1(F)F. The van der Waals surface area contributed by atoms with Crippen LogP contribution < -0.4 is 0 Å². The molecule has 0 aromatic carbocycles. The summed E-state index contributed by atoms with van der Waals surface area (Å²) in [6.07, 6.45) is 3.64. The van der Waals surface area contributed by atoms with Gasteiger partial charge in [0, 0.05) is 12.5 Å². The predicted octanol–water partition coefficient (Wildman–Crippen LogP) is 2.77. The molecule has 1 saturated heterocycles. The van der Waals surface area contributed by atoms with Crippen LogP contribution in [0.15, 0.2) is 0 Å². The first kappa shape index (κ1) is 10.7. The predicted molar refractivity (Wildman–Crippen MR) is 55.9 cm³/mol. The average Bonchev–Trinajstić information content (AvgIpc) is 2.05. The quantitative estimate of drug-likeness (QED) is 0.666. The lowest BCUT2D eigenvalue weighted by Gasteiger charge is -2.51. The Bertz CT molecular complexity index is 228. The molecule has 82 valence electrons. The minimum atomic E-state index is -2.52. The summed E-state index contributed by atoms with van der Waals surface area (Å²) in [4.78, 5) is 1.66. The number of hydrogen-bond acceptors (Lipinski definition) is 2. The molecule has 0 aromatic heterocycles. The van der Waals surface area contributed by atoms with E-state index in [1.165, 1.54) is 0 Å². The van der Waals surface area contributed by atoms with Crippen molar-refractivity contribution in [2.45, 2.75) is 43.4 Å². The molecule has 0 bridgehead atoms. The van der Waals surface area contributed by atoms with Crippen LogP contribution in [-0.2, 0) is 0 Å². The zero-order chi connectivity index (χ0) is 10.4. The highest BCUT2D eigenvalue weighted by atomic mass is 32.1. The zero-order valence-corrected chi connectivity index (χ0v) is 9.36. The smallest absolute Gasteiger partial charge is 0.263 e. The number of thiol groups is 1. The summed E-state index contributed by atoms with van der Waals surface area (Å²) >= 11 is 4.52. The van der Waals surface area contributed by atoms with E-state index >= 15 is 0 Å². The van der Waals surface area contributed by atoms with Gasteiger partial charge < -0.3 is 0 Å². The standard InChI is InChI=1S/C10H17F2NS/c1-8-3-6-13(7-10(8,11)12)9(14)4-2-5-9/h8,14H,2-7H2,1H3. The molecule has 1 heterocycles. The molecule has 0 N–H and O–H groups in total. The minimum absolute atomic E-state index is 0.0995. The molecule has 2 aliphatic rings. The van der Waals surface area contributed by atoms with Crippen molar-refractivity contribution < 1.29 is 8.78 Å². The largest absolute Gasteiger partial charge is 0.283 e. The maximum Gasteiger partial charge on any atom is 0.263 e. The normalized spacial score (nSPS) is 36.4. The molecule has 2 rings (SSSR count). The summed E-state index contributed by atoms with van der Waals surface area (Å²) in [5, 5.41) is 0. The van der Waals surface area contributed by atoms with E-state index < -0.39 is 11.8 Å². The van der Waals surface area contributed by atoms with E-state index in [9.17, 15) is 8.78 Å². The van der Waals surface area contributed by atoms with Crippen LogP contribution in [0, 0.1) is 5.92 Å². The third-order valence-electron chi connectivity index (χ3n) is 3.70. The molecule has 1 unspecified atom stereocenters. The Morgan fingerprint density at radius 2 is 2.00 bits per heavy atom. The van der Waals surface area contributed by atoms with Gasteiger partial charge in [0.2, 0.25) is 0 Å². The number of alkyl halides is 2. The fourth-order valence-electron chi connectivity index (χ4n) is 2.21. The lowest BCUT2D eigenvalue weighted by molar-refractivity contribution is -0.125. The van der Waals surface area contributed by atoms with Crippen LogP contribution in [0.25, 0.3) is 0 Å². The van der Waals surface area contributed by atoms with Gasteiger partial charge in [0.1, 0.15) is 0 Å². The van der Waals surface area contributed by atoms with Crippen LogP contribution >= 0.6 is 12.6 Å². The van der Waals surface area contributed by atoms with Crippen molar-refractivity contribution in [3.05, 3.63) is 0 Å². The Kier molecular flexibility index (Phi) is 2.55. The molecule has 14 heavy (non-hydrogen) atoms. The van der Waals surface area contributed by atoms with Gasteiger partial charge in [0.25, 0.3) is 5.92 Å². The third-order valence-corrected chi connectivity index (χ3v) is 4.43. The number of rotatable bonds is 1. The molecular formula is C10H17F2NS. The molecule has 0 aromatic rings. The first-order valence-corrected chi connectivity index (χ1v) is 5.74. The molecule has 0 amide bonds. The summed E-state index contributed by atoms with van der Waals surface area (Å²) in [7, 11) is 0. The average molecular weight is 221 g/mol. The van der Waals surface area contributed by atoms with Crippen LogP contribution in [0.2, 0.25) is 0 Å².